The Morgan fingerprint density at radius 1 is 1.33 bits per heavy atom. The maximum absolute atomic E-state index is 13.2. The van der Waals surface area contributed by atoms with Crippen molar-refractivity contribution in [1.29, 1.82) is 0 Å². The Morgan fingerprint density at radius 2 is 2.10 bits per heavy atom. The lowest BCUT2D eigenvalue weighted by Crippen LogP contribution is -2.29. The van der Waals surface area contributed by atoms with Gasteiger partial charge in [0.15, 0.2) is 0 Å². The van der Waals surface area contributed by atoms with Gasteiger partial charge in [0.1, 0.15) is 18.2 Å². The zero-order valence-corrected chi connectivity index (χ0v) is 12.9. The van der Waals surface area contributed by atoms with Crippen LogP contribution in [0.15, 0.2) is 40.9 Å². The minimum atomic E-state index is -0.371. The largest absolute Gasteiger partial charge is 0.488 e. The number of amides is 1. The minimum Gasteiger partial charge on any atom is -0.488 e. The second kappa shape index (κ2) is 6.69. The summed E-state index contributed by atoms with van der Waals surface area (Å²) in [6, 6.07) is 9.44. The molecular weight excluding hydrogens is 339 g/mol. The van der Waals surface area contributed by atoms with Crippen LogP contribution in [0.3, 0.4) is 0 Å². The number of nitrogen functional groups attached to an aromatic ring is 1. The van der Waals surface area contributed by atoms with Crippen LogP contribution in [0.5, 0.6) is 5.75 Å². The second-order valence-corrected chi connectivity index (χ2v) is 5.33. The molecule has 0 bridgehead atoms. The highest BCUT2D eigenvalue weighted by atomic mass is 79.9. The van der Waals surface area contributed by atoms with Gasteiger partial charge in [-0.15, -0.1) is 0 Å². The topological polar surface area (TPSA) is 64.3 Å². The molecule has 2 aromatic rings. The Kier molecular flexibility index (Phi) is 4.93. The van der Waals surface area contributed by atoms with E-state index in [1.165, 1.54) is 12.1 Å². The van der Waals surface area contributed by atoms with Gasteiger partial charge in [-0.25, -0.2) is 10.2 Å². The van der Waals surface area contributed by atoms with Crippen molar-refractivity contribution in [2.45, 2.75) is 13.5 Å². The second-order valence-electron chi connectivity index (χ2n) is 4.48. The van der Waals surface area contributed by atoms with E-state index in [4.69, 9.17) is 10.6 Å². The third-order valence-corrected chi connectivity index (χ3v) is 3.72. The van der Waals surface area contributed by atoms with Crippen molar-refractivity contribution in [2.24, 2.45) is 5.84 Å². The molecule has 2 rings (SSSR count). The lowest BCUT2D eigenvalue weighted by Gasteiger charge is -2.11. The van der Waals surface area contributed by atoms with E-state index in [1.54, 1.807) is 24.3 Å². The molecule has 0 spiro atoms. The van der Waals surface area contributed by atoms with Gasteiger partial charge in [0.05, 0.1) is 0 Å². The van der Waals surface area contributed by atoms with E-state index in [9.17, 15) is 9.18 Å². The highest BCUT2D eigenvalue weighted by Crippen LogP contribution is 2.23. The Morgan fingerprint density at radius 3 is 2.76 bits per heavy atom. The number of hydrazine groups is 1. The third kappa shape index (κ3) is 3.80. The third-order valence-electron chi connectivity index (χ3n) is 2.98. The molecule has 0 atom stereocenters. The van der Waals surface area contributed by atoms with Gasteiger partial charge in [-0.1, -0.05) is 28.1 Å². The maximum atomic E-state index is 13.2. The van der Waals surface area contributed by atoms with Crippen LogP contribution in [-0.2, 0) is 6.61 Å². The minimum absolute atomic E-state index is 0.259. The van der Waals surface area contributed by atoms with E-state index >= 15 is 0 Å². The quantitative estimate of drug-likeness (QED) is 0.504. The van der Waals surface area contributed by atoms with E-state index in [-0.39, 0.29) is 18.3 Å². The lowest BCUT2D eigenvalue weighted by molar-refractivity contribution is 0.0953. The van der Waals surface area contributed by atoms with Crippen LogP contribution in [-0.4, -0.2) is 5.91 Å². The first-order valence-corrected chi connectivity index (χ1v) is 6.99. The molecule has 0 radical (unpaired) electrons. The first-order chi connectivity index (χ1) is 10.0. The lowest BCUT2D eigenvalue weighted by atomic mass is 10.1. The van der Waals surface area contributed by atoms with Gasteiger partial charge >= 0.3 is 0 Å². The molecule has 6 heteroatoms. The fraction of sp³-hybridized carbons (Fsp3) is 0.133. The Hall–Kier alpha value is -1.92. The predicted molar refractivity (Wildman–Crippen MR) is 81.3 cm³/mol. The highest BCUT2D eigenvalue weighted by Gasteiger charge is 2.08. The molecule has 0 aromatic heterocycles. The van der Waals surface area contributed by atoms with Gasteiger partial charge in [-0.05, 0) is 30.7 Å². The molecule has 4 nitrogen and oxygen atoms in total. The van der Waals surface area contributed by atoms with Crippen molar-refractivity contribution in [2.75, 3.05) is 0 Å². The molecule has 0 fully saturated rings. The molecule has 21 heavy (non-hydrogen) atoms. The summed E-state index contributed by atoms with van der Waals surface area (Å²) in [5.74, 6) is 4.86. The van der Waals surface area contributed by atoms with Crippen LogP contribution in [0.25, 0.3) is 0 Å². The molecule has 0 aliphatic heterocycles. The summed E-state index contributed by atoms with van der Waals surface area (Å²) >= 11 is 3.38. The van der Waals surface area contributed by atoms with E-state index in [0.29, 0.717) is 11.3 Å². The standard InChI is InChI=1S/C15H14BrFN2O2/c1-9-2-5-12(17)7-14(9)21-8-11-4-3-10(6-13(11)16)15(20)19-18/h2-7H,8,18H2,1H3,(H,19,20). The van der Waals surface area contributed by atoms with Crippen LogP contribution >= 0.6 is 15.9 Å². The van der Waals surface area contributed by atoms with E-state index < -0.39 is 0 Å². The molecule has 1 amide bonds. The molecular formula is C15H14BrFN2O2. The average Bonchev–Trinajstić information content (AvgIpc) is 2.48. The number of hydrogen-bond acceptors (Lipinski definition) is 3. The molecule has 0 saturated carbocycles. The van der Waals surface area contributed by atoms with Crippen LogP contribution < -0.4 is 16.0 Å². The summed E-state index contributed by atoms with van der Waals surface area (Å²) in [7, 11) is 0. The molecule has 0 unspecified atom stereocenters. The van der Waals surface area contributed by atoms with E-state index in [1.807, 2.05) is 6.92 Å². The monoisotopic (exact) mass is 352 g/mol. The number of rotatable bonds is 4. The van der Waals surface area contributed by atoms with Crippen molar-refractivity contribution in [3.05, 3.63) is 63.4 Å². The zero-order chi connectivity index (χ0) is 15.4. The number of carbonyl (C=O) groups is 1. The molecule has 3 N–H and O–H groups in total. The Bertz CT molecular complexity index is 677. The van der Waals surface area contributed by atoms with Gasteiger partial charge in [-0.2, -0.15) is 0 Å². The number of carbonyl (C=O) groups excluding carboxylic acids is 1. The maximum Gasteiger partial charge on any atom is 0.265 e. The Balaban J connectivity index is 2.13. The summed E-state index contributed by atoms with van der Waals surface area (Å²) in [5, 5.41) is 0. The number of benzene rings is 2. The van der Waals surface area contributed by atoms with Crippen molar-refractivity contribution in [1.82, 2.24) is 5.43 Å². The molecule has 0 aliphatic rings. The normalized spacial score (nSPS) is 10.3. The van der Waals surface area contributed by atoms with Gasteiger partial charge in [-0.3, -0.25) is 10.2 Å². The SMILES string of the molecule is Cc1ccc(F)cc1OCc1ccc(C(=O)NN)cc1Br. The summed E-state index contributed by atoms with van der Waals surface area (Å²) in [6.45, 7) is 2.11. The molecule has 2 aromatic carbocycles. The smallest absolute Gasteiger partial charge is 0.265 e. The van der Waals surface area contributed by atoms with Gasteiger partial charge in [0.25, 0.3) is 5.91 Å². The van der Waals surface area contributed by atoms with Crippen LogP contribution in [0.1, 0.15) is 21.5 Å². The first kappa shape index (κ1) is 15.5. The fourth-order valence-corrected chi connectivity index (χ4v) is 2.27. The van der Waals surface area contributed by atoms with Crippen LogP contribution in [0, 0.1) is 12.7 Å². The summed E-state index contributed by atoms with van der Waals surface area (Å²) in [4.78, 5) is 11.4. The zero-order valence-electron chi connectivity index (χ0n) is 11.3. The number of aryl methyl sites for hydroxylation is 1. The summed E-state index contributed by atoms with van der Waals surface area (Å²) in [5.41, 5.74) is 4.20. The average molecular weight is 353 g/mol. The van der Waals surface area contributed by atoms with Crippen molar-refractivity contribution in [3.8, 4) is 5.75 Å². The van der Waals surface area contributed by atoms with Crippen molar-refractivity contribution in [3.63, 3.8) is 0 Å². The summed E-state index contributed by atoms with van der Waals surface area (Å²) < 4.78 is 19.5. The molecule has 110 valence electrons. The number of ether oxygens (including phenoxy) is 1. The van der Waals surface area contributed by atoms with Gasteiger partial charge in [0.2, 0.25) is 0 Å². The van der Waals surface area contributed by atoms with Gasteiger partial charge < -0.3 is 4.74 Å². The van der Waals surface area contributed by atoms with Crippen LogP contribution in [0.4, 0.5) is 4.39 Å². The predicted octanol–water partition coefficient (Wildman–Crippen LogP) is 3.08. The Labute approximate surface area is 130 Å². The first-order valence-electron chi connectivity index (χ1n) is 6.19. The van der Waals surface area contributed by atoms with Crippen LogP contribution in [0.2, 0.25) is 0 Å². The molecule has 0 saturated heterocycles. The van der Waals surface area contributed by atoms with Crippen molar-refractivity contribution < 1.29 is 13.9 Å². The number of nitrogens with two attached hydrogens (primary N) is 1. The van der Waals surface area contributed by atoms with E-state index in [0.717, 1.165) is 15.6 Å². The molecule has 0 aliphatic carbocycles. The number of nitrogens with one attached hydrogen (secondary N) is 1. The fourth-order valence-electron chi connectivity index (χ4n) is 1.77. The van der Waals surface area contributed by atoms with Gasteiger partial charge in [0, 0.05) is 21.7 Å². The summed E-state index contributed by atoms with van der Waals surface area (Å²) in [6.07, 6.45) is 0. The highest BCUT2D eigenvalue weighted by molar-refractivity contribution is 9.10. The number of hydrogen-bond donors (Lipinski definition) is 2. The number of halogens is 2. The van der Waals surface area contributed by atoms with Crippen molar-refractivity contribution >= 4 is 21.8 Å². The van der Waals surface area contributed by atoms with E-state index in [2.05, 4.69) is 21.4 Å². The molecule has 0 heterocycles.